The van der Waals surface area contributed by atoms with Gasteiger partial charge in [-0.2, -0.15) is 15.0 Å². The zero-order valence-electron chi connectivity index (χ0n) is 10.4. The summed E-state index contributed by atoms with van der Waals surface area (Å²) in [5.74, 6) is 0.724. The Morgan fingerprint density at radius 1 is 1.00 bits per heavy atom. The van der Waals surface area contributed by atoms with Gasteiger partial charge in [-0.3, -0.25) is 0 Å². The molecule has 0 spiro atoms. The summed E-state index contributed by atoms with van der Waals surface area (Å²) in [6.07, 6.45) is 1.94. The zero-order valence-corrected chi connectivity index (χ0v) is 11.1. The van der Waals surface area contributed by atoms with Crippen LogP contribution in [0.15, 0.2) is 24.3 Å². The van der Waals surface area contributed by atoms with Crippen LogP contribution in [0.1, 0.15) is 11.1 Å². The maximum Gasteiger partial charge on any atom is 0.231 e. The number of benzene rings is 1. The molecule has 98 valence electrons. The normalized spacial score (nSPS) is 14.9. The first kappa shape index (κ1) is 12.2. The third-order valence-electron chi connectivity index (χ3n) is 3.32. The zero-order chi connectivity index (χ0) is 13.2. The second-order valence-electron chi connectivity index (χ2n) is 4.52. The lowest BCUT2D eigenvalue weighted by molar-refractivity contribution is 0.768. The average Bonchev–Trinajstić information content (AvgIpc) is 2.60. The summed E-state index contributed by atoms with van der Waals surface area (Å²) in [5.41, 5.74) is 8.39. The van der Waals surface area contributed by atoms with Crippen molar-refractivity contribution in [2.45, 2.75) is 12.8 Å². The summed E-state index contributed by atoms with van der Waals surface area (Å²) in [7, 11) is 0. The number of anilines is 2. The predicted octanol–water partition coefficient (Wildman–Crippen LogP) is 1.71. The lowest BCUT2D eigenvalue weighted by atomic mass is 10.0. The molecule has 19 heavy (non-hydrogen) atoms. The van der Waals surface area contributed by atoms with Crippen LogP contribution in [0.2, 0.25) is 5.28 Å². The van der Waals surface area contributed by atoms with E-state index < -0.39 is 0 Å². The average molecular weight is 276 g/mol. The maximum atomic E-state index is 5.83. The van der Waals surface area contributed by atoms with Crippen molar-refractivity contribution in [3.63, 3.8) is 0 Å². The van der Waals surface area contributed by atoms with E-state index >= 15 is 0 Å². The highest BCUT2D eigenvalue weighted by Crippen LogP contribution is 2.19. The van der Waals surface area contributed by atoms with Crippen molar-refractivity contribution in [2.24, 2.45) is 0 Å². The van der Waals surface area contributed by atoms with E-state index in [-0.39, 0.29) is 11.2 Å². The second kappa shape index (κ2) is 5.01. The van der Waals surface area contributed by atoms with Crippen LogP contribution in [0.5, 0.6) is 0 Å². The third kappa shape index (κ3) is 2.61. The predicted molar refractivity (Wildman–Crippen MR) is 75.3 cm³/mol. The molecule has 0 amide bonds. The molecule has 0 saturated heterocycles. The van der Waals surface area contributed by atoms with E-state index in [2.05, 4.69) is 44.1 Å². The summed E-state index contributed by atoms with van der Waals surface area (Å²) in [4.78, 5) is 14.2. The molecule has 0 fully saturated rings. The number of rotatable bonds is 1. The third-order valence-corrected chi connectivity index (χ3v) is 3.49. The van der Waals surface area contributed by atoms with E-state index in [0.717, 1.165) is 25.9 Å². The lowest BCUT2D eigenvalue weighted by Crippen LogP contribution is -2.28. The fourth-order valence-electron chi connectivity index (χ4n) is 2.36. The van der Waals surface area contributed by atoms with Crippen molar-refractivity contribution in [1.29, 1.82) is 0 Å². The van der Waals surface area contributed by atoms with E-state index in [1.807, 2.05) is 0 Å². The fraction of sp³-hybridized carbons (Fsp3) is 0.308. The van der Waals surface area contributed by atoms with Crippen LogP contribution in [0, 0.1) is 0 Å². The van der Waals surface area contributed by atoms with Crippen molar-refractivity contribution in [1.82, 2.24) is 15.0 Å². The minimum atomic E-state index is 0.143. The molecule has 0 atom stereocenters. The Morgan fingerprint density at radius 2 is 1.63 bits per heavy atom. The summed E-state index contributed by atoms with van der Waals surface area (Å²) < 4.78 is 0. The van der Waals surface area contributed by atoms with Crippen molar-refractivity contribution in [3.8, 4) is 0 Å². The van der Waals surface area contributed by atoms with Gasteiger partial charge >= 0.3 is 0 Å². The van der Waals surface area contributed by atoms with Gasteiger partial charge in [0, 0.05) is 13.1 Å². The molecule has 6 heteroatoms. The van der Waals surface area contributed by atoms with Gasteiger partial charge in [-0.05, 0) is 35.6 Å². The van der Waals surface area contributed by atoms with Crippen LogP contribution in [0.4, 0.5) is 11.9 Å². The summed E-state index contributed by atoms with van der Waals surface area (Å²) in [5, 5.41) is 0.143. The van der Waals surface area contributed by atoms with Crippen molar-refractivity contribution < 1.29 is 0 Å². The van der Waals surface area contributed by atoms with Gasteiger partial charge in [0.15, 0.2) is 0 Å². The number of hydrogen-bond donors (Lipinski definition) is 1. The van der Waals surface area contributed by atoms with E-state index in [9.17, 15) is 0 Å². The molecule has 2 heterocycles. The van der Waals surface area contributed by atoms with E-state index in [4.69, 9.17) is 17.3 Å². The largest absolute Gasteiger partial charge is 0.368 e. The number of nitrogen functional groups attached to an aromatic ring is 1. The van der Waals surface area contributed by atoms with Crippen LogP contribution in [-0.4, -0.2) is 28.0 Å². The molecular formula is C13H14ClN5. The van der Waals surface area contributed by atoms with Crippen molar-refractivity contribution >= 4 is 23.5 Å². The molecule has 0 aliphatic carbocycles. The number of aromatic nitrogens is 3. The molecule has 2 aromatic rings. The number of fused-ring (bicyclic) bond motifs is 1. The van der Waals surface area contributed by atoms with Gasteiger partial charge in [-0.15, -0.1) is 0 Å². The highest BCUT2D eigenvalue weighted by atomic mass is 35.5. The number of nitrogens with two attached hydrogens (primary N) is 1. The van der Waals surface area contributed by atoms with Gasteiger partial charge in [0.1, 0.15) is 0 Å². The molecule has 1 aliphatic heterocycles. The monoisotopic (exact) mass is 275 g/mol. The Bertz CT molecular complexity index is 554. The van der Waals surface area contributed by atoms with Crippen molar-refractivity contribution in [2.75, 3.05) is 23.7 Å². The summed E-state index contributed by atoms with van der Waals surface area (Å²) in [6, 6.07) is 8.50. The topological polar surface area (TPSA) is 67.9 Å². The van der Waals surface area contributed by atoms with Crippen LogP contribution < -0.4 is 10.6 Å². The van der Waals surface area contributed by atoms with Gasteiger partial charge < -0.3 is 10.6 Å². The number of nitrogens with zero attached hydrogens (tertiary/aromatic N) is 4. The Kier molecular flexibility index (Phi) is 3.21. The maximum absolute atomic E-state index is 5.83. The van der Waals surface area contributed by atoms with E-state index in [1.165, 1.54) is 11.1 Å². The van der Waals surface area contributed by atoms with Crippen LogP contribution in [0.25, 0.3) is 0 Å². The molecule has 0 radical (unpaired) electrons. The molecular weight excluding hydrogens is 262 g/mol. The quantitative estimate of drug-likeness (QED) is 0.858. The van der Waals surface area contributed by atoms with Gasteiger partial charge in [-0.25, -0.2) is 0 Å². The minimum Gasteiger partial charge on any atom is -0.368 e. The second-order valence-corrected chi connectivity index (χ2v) is 4.86. The fourth-order valence-corrected chi connectivity index (χ4v) is 2.53. The van der Waals surface area contributed by atoms with Crippen LogP contribution in [-0.2, 0) is 12.8 Å². The Labute approximate surface area is 116 Å². The van der Waals surface area contributed by atoms with E-state index in [1.54, 1.807) is 0 Å². The van der Waals surface area contributed by atoms with Crippen LogP contribution in [0.3, 0.4) is 0 Å². The highest BCUT2D eigenvalue weighted by Gasteiger charge is 2.16. The first-order valence-electron chi connectivity index (χ1n) is 6.21. The molecule has 1 aromatic heterocycles. The molecule has 2 N–H and O–H groups in total. The molecule has 1 aliphatic rings. The number of hydrogen-bond acceptors (Lipinski definition) is 5. The first-order chi connectivity index (χ1) is 9.22. The van der Waals surface area contributed by atoms with Gasteiger partial charge in [0.05, 0.1) is 0 Å². The Hall–Kier alpha value is -1.88. The first-order valence-corrected chi connectivity index (χ1v) is 6.59. The summed E-state index contributed by atoms with van der Waals surface area (Å²) >= 11 is 5.83. The lowest BCUT2D eigenvalue weighted by Gasteiger charge is -2.19. The van der Waals surface area contributed by atoms with Crippen LogP contribution >= 0.6 is 11.6 Å². The molecule has 0 saturated carbocycles. The smallest absolute Gasteiger partial charge is 0.231 e. The number of halogens is 1. The van der Waals surface area contributed by atoms with Gasteiger partial charge in [0.25, 0.3) is 0 Å². The van der Waals surface area contributed by atoms with Crippen molar-refractivity contribution in [3.05, 3.63) is 40.7 Å². The Morgan fingerprint density at radius 3 is 2.21 bits per heavy atom. The highest BCUT2D eigenvalue weighted by molar-refractivity contribution is 6.28. The summed E-state index contributed by atoms with van der Waals surface area (Å²) in [6.45, 7) is 1.72. The minimum absolute atomic E-state index is 0.143. The molecule has 0 unspecified atom stereocenters. The standard InChI is InChI=1S/C13H14ClN5/c14-11-16-12(15)18-13(17-11)19-7-5-9-3-1-2-4-10(9)6-8-19/h1-4H,5-8H2,(H2,15,16,17,18). The van der Waals surface area contributed by atoms with Gasteiger partial charge in [0.2, 0.25) is 17.2 Å². The SMILES string of the molecule is Nc1nc(Cl)nc(N2CCc3ccccc3CC2)n1. The molecule has 3 rings (SSSR count). The molecule has 0 bridgehead atoms. The van der Waals surface area contributed by atoms with Gasteiger partial charge in [-0.1, -0.05) is 24.3 Å². The van der Waals surface area contributed by atoms with E-state index in [0.29, 0.717) is 5.95 Å². The molecule has 1 aromatic carbocycles. The Balaban J connectivity index is 1.85. The molecule has 5 nitrogen and oxygen atoms in total.